The zero-order valence-corrected chi connectivity index (χ0v) is 11.9. The van der Waals surface area contributed by atoms with Crippen LogP contribution < -0.4 is 5.32 Å². The van der Waals surface area contributed by atoms with Crippen molar-refractivity contribution in [2.45, 2.75) is 27.3 Å². The van der Waals surface area contributed by atoms with E-state index in [2.05, 4.69) is 22.4 Å². The minimum atomic E-state index is 0.670. The molecule has 0 spiro atoms. The third-order valence-electron chi connectivity index (χ3n) is 2.92. The maximum absolute atomic E-state index is 6.07. The van der Waals surface area contributed by atoms with Crippen molar-refractivity contribution in [1.29, 1.82) is 0 Å². The van der Waals surface area contributed by atoms with Crippen LogP contribution in [0, 0.1) is 13.8 Å². The van der Waals surface area contributed by atoms with E-state index in [4.69, 9.17) is 11.6 Å². The van der Waals surface area contributed by atoms with Crippen molar-refractivity contribution in [3.63, 3.8) is 0 Å². The van der Waals surface area contributed by atoms with Crippen LogP contribution in [0.1, 0.15) is 23.9 Å². The Hall–Kier alpha value is -1.33. The SMILES string of the molecule is CCNCc1c(C)nn(C)c1-n1cc(Cl)c(C)n1. The van der Waals surface area contributed by atoms with Gasteiger partial charge in [0.05, 0.1) is 22.6 Å². The van der Waals surface area contributed by atoms with Crippen LogP contribution in [0.4, 0.5) is 0 Å². The summed E-state index contributed by atoms with van der Waals surface area (Å²) in [5.41, 5.74) is 2.99. The zero-order chi connectivity index (χ0) is 13.3. The molecule has 0 aliphatic carbocycles. The van der Waals surface area contributed by atoms with E-state index in [1.165, 1.54) is 0 Å². The molecule has 0 amide bonds. The molecule has 0 radical (unpaired) electrons. The Morgan fingerprint density at radius 2 is 2.00 bits per heavy atom. The van der Waals surface area contributed by atoms with Crippen molar-refractivity contribution >= 4 is 11.6 Å². The quantitative estimate of drug-likeness (QED) is 0.922. The molecule has 0 aliphatic rings. The summed E-state index contributed by atoms with van der Waals surface area (Å²) in [5.74, 6) is 0.962. The second-order valence-electron chi connectivity index (χ2n) is 4.30. The minimum absolute atomic E-state index is 0.670. The van der Waals surface area contributed by atoms with Crippen LogP contribution in [-0.2, 0) is 13.6 Å². The maximum Gasteiger partial charge on any atom is 0.156 e. The molecule has 0 bridgehead atoms. The van der Waals surface area contributed by atoms with Gasteiger partial charge in [0.2, 0.25) is 0 Å². The van der Waals surface area contributed by atoms with Crippen LogP contribution in [0.3, 0.4) is 0 Å². The lowest BCUT2D eigenvalue weighted by atomic mass is 10.2. The minimum Gasteiger partial charge on any atom is -0.313 e. The molecule has 0 fully saturated rings. The molecule has 2 aromatic rings. The van der Waals surface area contributed by atoms with Gasteiger partial charge in [-0.1, -0.05) is 18.5 Å². The highest BCUT2D eigenvalue weighted by Gasteiger charge is 2.16. The van der Waals surface area contributed by atoms with Gasteiger partial charge in [-0.3, -0.25) is 4.68 Å². The Morgan fingerprint density at radius 1 is 1.28 bits per heavy atom. The summed E-state index contributed by atoms with van der Waals surface area (Å²) in [6.07, 6.45) is 1.82. The average Bonchev–Trinajstić information content (AvgIpc) is 2.77. The molecule has 0 unspecified atom stereocenters. The average molecular weight is 268 g/mol. The van der Waals surface area contributed by atoms with Gasteiger partial charge in [-0.25, -0.2) is 4.68 Å². The van der Waals surface area contributed by atoms with Gasteiger partial charge in [0.15, 0.2) is 5.82 Å². The number of nitrogens with one attached hydrogen (secondary N) is 1. The first-order valence-corrected chi connectivity index (χ1v) is 6.37. The molecule has 5 nitrogen and oxygen atoms in total. The van der Waals surface area contributed by atoms with Gasteiger partial charge in [-0.15, -0.1) is 0 Å². The fourth-order valence-electron chi connectivity index (χ4n) is 1.98. The molecule has 2 aromatic heterocycles. The van der Waals surface area contributed by atoms with E-state index in [1.807, 2.05) is 31.8 Å². The largest absolute Gasteiger partial charge is 0.313 e. The number of aryl methyl sites for hydroxylation is 3. The van der Waals surface area contributed by atoms with E-state index in [0.29, 0.717) is 5.02 Å². The molecule has 1 N–H and O–H groups in total. The van der Waals surface area contributed by atoms with Crippen molar-refractivity contribution in [2.24, 2.45) is 7.05 Å². The Morgan fingerprint density at radius 3 is 2.56 bits per heavy atom. The van der Waals surface area contributed by atoms with Crippen LogP contribution in [0.15, 0.2) is 6.20 Å². The highest BCUT2D eigenvalue weighted by molar-refractivity contribution is 6.31. The third kappa shape index (κ3) is 2.28. The van der Waals surface area contributed by atoms with Crippen molar-refractivity contribution in [1.82, 2.24) is 24.9 Å². The predicted molar refractivity (Wildman–Crippen MR) is 72.2 cm³/mol. The Labute approximate surface area is 112 Å². The number of rotatable bonds is 4. The molecule has 0 aliphatic heterocycles. The molecule has 18 heavy (non-hydrogen) atoms. The summed E-state index contributed by atoms with van der Waals surface area (Å²) < 4.78 is 3.63. The number of hydrogen-bond acceptors (Lipinski definition) is 3. The van der Waals surface area contributed by atoms with E-state index in [0.717, 1.165) is 35.9 Å². The van der Waals surface area contributed by atoms with Gasteiger partial charge in [0.25, 0.3) is 0 Å². The first kappa shape index (κ1) is 13.1. The Kier molecular flexibility index (Phi) is 3.73. The summed E-state index contributed by atoms with van der Waals surface area (Å²) in [5, 5.41) is 12.9. The monoisotopic (exact) mass is 267 g/mol. The van der Waals surface area contributed by atoms with Crippen LogP contribution >= 0.6 is 11.6 Å². The maximum atomic E-state index is 6.07. The number of hydrogen-bond donors (Lipinski definition) is 1. The smallest absolute Gasteiger partial charge is 0.156 e. The van der Waals surface area contributed by atoms with Gasteiger partial charge < -0.3 is 5.32 Å². The highest BCUT2D eigenvalue weighted by atomic mass is 35.5. The van der Waals surface area contributed by atoms with Gasteiger partial charge in [0.1, 0.15) is 0 Å². The normalized spacial score (nSPS) is 11.2. The van der Waals surface area contributed by atoms with E-state index in [9.17, 15) is 0 Å². The molecule has 0 saturated carbocycles. The van der Waals surface area contributed by atoms with Crippen LogP contribution in [0.25, 0.3) is 5.82 Å². The van der Waals surface area contributed by atoms with Gasteiger partial charge in [-0.2, -0.15) is 10.2 Å². The van der Waals surface area contributed by atoms with Gasteiger partial charge in [0, 0.05) is 19.2 Å². The van der Waals surface area contributed by atoms with E-state index < -0.39 is 0 Å². The first-order chi connectivity index (χ1) is 8.54. The number of halogens is 1. The standard InChI is InChI=1S/C12H18ClN5/c1-5-14-6-10-8(2)15-17(4)12(10)18-7-11(13)9(3)16-18/h7,14H,5-6H2,1-4H3. The first-order valence-electron chi connectivity index (χ1n) is 6.00. The van der Waals surface area contributed by atoms with Gasteiger partial charge >= 0.3 is 0 Å². The molecule has 6 heteroatoms. The molecule has 98 valence electrons. The Bertz CT molecular complexity index is 536. The molecule has 2 heterocycles. The lowest BCUT2D eigenvalue weighted by Crippen LogP contribution is -2.15. The molecule has 2 rings (SSSR count). The van der Waals surface area contributed by atoms with Crippen LogP contribution in [0.5, 0.6) is 0 Å². The second-order valence-corrected chi connectivity index (χ2v) is 4.71. The van der Waals surface area contributed by atoms with Crippen molar-refractivity contribution in [3.05, 3.63) is 28.2 Å². The summed E-state index contributed by atoms with van der Waals surface area (Å²) in [4.78, 5) is 0. The summed E-state index contributed by atoms with van der Waals surface area (Å²) in [6.45, 7) is 7.69. The van der Waals surface area contributed by atoms with E-state index in [1.54, 1.807) is 4.68 Å². The third-order valence-corrected chi connectivity index (χ3v) is 3.29. The van der Waals surface area contributed by atoms with E-state index in [-0.39, 0.29) is 0 Å². The number of aromatic nitrogens is 4. The topological polar surface area (TPSA) is 47.7 Å². The zero-order valence-electron chi connectivity index (χ0n) is 11.2. The van der Waals surface area contributed by atoms with E-state index >= 15 is 0 Å². The Balaban J connectivity index is 2.48. The second kappa shape index (κ2) is 5.12. The summed E-state index contributed by atoms with van der Waals surface area (Å²) in [7, 11) is 1.92. The summed E-state index contributed by atoms with van der Waals surface area (Å²) >= 11 is 6.07. The molecular formula is C12H18ClN5. The van der Waals surface area contributed by atoms with Gasteiger partial charge in [-0.05, 0) is 20.4 Å². The highest BCUT2D eigenvalue weighted by Crippen LogP contribution is 2.21. The van der Waals surface area contributed by atoms with Crippen LogP contribution in [-0.4, -0.2) is 26.1 Å². The molecule has 0 atom stereocenters. The lowest BCUT2D eigenvalue weighted by Gasteiger charge is -2.07. The molecular weight excluding hydrogens is 250 g/mol. The molecule has 0 aromatic carbocycles. The summed E-state index contributed by atoms with van der Waals surface area (Å²) in [6, 6.07) is 0. The fraction of sp³-hybridized carbons (Fsp3) is 0.500. The van der Waals surface area contributed by atoms with Crippen LogP contribution in [0.2, 0.25) is 5.02 Å². The van der Waals surface area contributed by atoms with Crippen molar-refractivity contribution in [2.75, 3.05) is 6.54 Å². The molecule has 0 saturated heterocycles. The predicted octanol–water partition coefficient (Wildman–Crippen LogP) is 1.99. The van der Waals surface area contributed by atoms with Crippen molar-refractivity contribution < 1.29 is 0 Å². The van der Waals surface area contributed by atoms with Crippen molar-refractivity contribution in [3.8, 4) is 5.82 Å². The lowest BCUT2D eigenvalue weighted by molar-refractivity contribution is 0.677. The number of nitrogens with zero attached hydrogens (tertiary/aromatic N) is 4. The fourth-order valence-corrected chi connectivity index (χ4v) is 2.11.